The zero-order valence-electron chi connectivity index (χ0n) is 13.1. The molecular formula is C17H27N2O+. The molecule has 0 bridgehead atoms. The van der Waals surface area contributed by atoms with Gasteiger partial charge in [0.25, 0.3) is 5.91 Å². The summed E-state index contributed by atoms with van der Waals surface area (Å²) in [5.41, 5.74) is 3.39. The van der Waals surface area contributed by atoms with Crippen LogP contribution in [0, 0.1) is 25.7 Å². The van der Waals surface area contributed by atoms with E-state index in [-0.39, 0.29) is 5.91 Å². The SMILES string of the molecule is Cc1ccc(NC(=O)C[NH+]2C[C@H](C)C[C@H](C)C2)cc1C. The number of nitrogens with one attached hydrogen (secondary N) is 2. The average molecular weight is 275 g/mol. The minimum atomic E-state index is 0.129. The molecule has 2 N–H and O–H groups in total. The maximum Gasteiger partial charge on any atom is 0.279 e. The van der Waals surface area contributed by atoms with Crippen molar-refractivity contribution < 1.29 is 9.69 Å². The summed E-state index contributed by atoms with van der Waals surface area (Å²) in [6.07, 6.45) is 1.29. The number of aryl methyl sites for hydroxylation is 2. The van der Waals surface area contributed by atoms with Crippen LogP contribution >= 0.6 is 0 Å². The van der Waals surface area contributed by atoms with E-state index in [0.717, 1.165) is 30.6 Å². The summed E-state index contributed by atoms with van der Waals surface area (Å²) in [4.78, 5) is 13.6. The first kappa shape index (κ1) is 15.0. The van der Waals surface area contributed by atoms with Crippen LogP contribution in [-0.2, 0) is 4.79 Å². The van der Waals surface area contributed by atoms with Crippen molar-refractivity contribution in [2.45, 2.75) is 34.1 Å². The molecule has 1 saturated heterocycles. The standard InChI is InChI=1S/C17H26N2O/c1-12-7-13(2)10-19(9-12)11-17(20)18-16-6-5-14(3)15(4)8-16/h5-6,8,12-13H,7,9-11H2,1-4H3,(H,18,20)/p+1/t12-,13+. The van der Waals surface area contributed by atoms with Crippen molar-refractivity contribution >= 4 is 11.6 Å². The van der Waals surface area contributed by atoms with Crippen LogP contribution in [0.1, 0.15) is 31.4 Å². The number of amides is 1. The Morgan fingerprint density at radius 1 is 1.20 bits per heavy atom. The fraction of sp³-hybridized carbons (Fsp3) is 0.588. The van der Waals surface area contributed by atoms with Crippen LogP contribution in [0.15, 0.2) is 18.2 Å². The van der Waals surface area contributed by atoms with Gasteiger partial charge in [0.1, 0.15) is 0 Å². The lowest BCUT2D eigenvalue weighted by molar-refractivity contribution is -0.904. The summed E-state index contributed by atoms with van der Waals surface area (Å²) < 4.78 is 0. The third-order valence-corrected chi connectivity index (χ3v) is 4.28. The van der Waals surface area contributed by atoms with Gasteiger partial charge in [-0.2, -0.15) is 0 Å². The molecule has 0 saturated carbocycles. The van der Waals surface area contributed by atoms with E-state index in [9.17, 15) is 4.79 Å². The molecule has 0 spiro atoms. The second kappa shape index (κ2) is 6.40. The monoisotopic (exact) mass is 275 g/mol. The number of benzene rings is 1. The fourth-order valence-electron chi connectivity index (χ4n) is 3.32. The molecule has 2 rings (SSSR count). The molecule has 3 heteroatoms. The van der Waals surface area contributed by atoms with Gasteiger partial charge < -0.3 is 10.2 Å². The summed E-state index contributed by atoms with van der Waals surface area (Å²) in [7, 11) is 0. The number of carbonyl (C=O) groups excluding carboxylic acids is 1. The highest BCUT2D eigenvalue weighted by Crippen LogP contribution is 2.14. The number of likely N-dealkylation sites (tertiary alicyclic amines) is 1. The molecule has 1 unspecified atom stereocenters. The van der Waals surface area contributed by atoms with Gasteiger partial charge in [0.15, 0.2) is 6.54 Å². The van der Waals surface area contributed by atoms with Gasteiger partial charge in [0.2, 0.25) is 0 Å². The number of carbonyl (C=O) groups is 1. The highest BCUT2D eigenvalue weighted by molar-refractivity contribution is 5.91. The Morgan fingerprint density at radius 2 is 1.85 bits per heavy atom. The molecule has 1 aromatic carbocycles. The van der Waals surface area contributed by atoms with Crippen molar-refractivity contribution in [2.24, 2.45) is 11.8 Å². The molecule has 0 aliphatic carbocycles. The third kappa shape index (κ3) is 4.07. The second-order valence-electron chi connectivity index (χ2n) is 6.63. The highest BCUT2D eigenvalue weighted by Gasteiger charge is 2.26. The van der Waals surface area contributed by atoms with Crippen LogP contribution in [0.4, 0.5) is 5.69 Å². The van der Waals surface area contributed by atoms with E-state index in [1.807, 2.05) is 12.1 Å². The van der Waals surface area contributed by atoms with E-state index in [1.165, 1.54) is 22.4 Å². The largest absolute Gasteiger partial charge is 0.327 e. The van der Waals surface area contributed by atoms with Crippen LogP contribution in [0.25, 0.3) is 0 Å². The maximum absolute atomic E-state index is 12.2. The van der Waals surface area contributed by atoms with Crippen LogP contribution in [-0.4, -0.2) is 25.5 Å². The highest BCUT2D eigenvalue weighted by atomic mass is 16.2. The molecular weight excluding hydrogens is 248 g/mol. The zero-order valence-corrected chi connectivity index (χ0v) is 13.1. The van der Waals surface area contributed by atoms with Crippen molar-refractivity contribution in [1.29, 1.82) is 0 Å². The van der Waals surface area contributed by atoms with Gasteiger partial charge in [-0.25, -0.2) is 0 Å². The summed E-state index contributed by atoms with van der Waals surface area (Å²) in [5.74, 6) is 1.58. The van der Waals surface area contributed by atoms with E-state index < -0.39 is 0 Å². The number of rotatable bonds is 3. The smallest absolute Gasteiger partial charge is 0.279 e. The molecule has 3 atom stereocenters. The van der Waals surface area contributed by atoms with Gasteiger partial charge in [-0.1, -0.05) is 19.9 Å². The van der Waals surface area contributed by atoms with Gasteiger partial charge in [0, 0.05) is 17.5 Å². The predicted molar refractivity (Wildman–Crippen MR) is 83.1 cm³/mol. The molecule has 1 heterocycles. The van der Waals surface area contributed by atoms with Crippen LogP contribution in [0.2, 0.25) is 0 Å². The topological polar surface area (TPSA) is 33.5 Å². The Bertz CT molecular complexity index is 474. The third-order valence-electron chi connectivity index (χ3n) is 4.28. The molecule has 20 heavy (non-hydrogen) atoms. The van der Waals surface area contributed by atoms with E-state index in [4.69, 9.17) is 0 Å². The number of hydrogen-bond donors (Lipinski definition) is 2. The van der Waals surface area contributed by atoms with Crippen molar-refractivity contribution in [3.05, 3.63) is 29.3 Å². The van der Waals surface area contributed by atoms with E-state index >= 15 is 0 Å². The lowest BCUT2D eigenvalue weighted by Gasteiger charge is -2.31. The first-order chi connectivity index (χ1) is 9.44. The van der Waals surface area contributed by atoms with Crippen LogP contribution < -0.4 is 10.2 Å². The van der Waals surface area contributed by atoms with E-state index in [2.05, 4.69) is 39.1 Å². The minimum absolute atomic E-state index is 0.129. The second-order valence-corrected chi connectivity index (χ2v) is 6.63. The van der Waals surface area contributed by atoms with Crippen LogP contribution in [0.5, 0.6) is 0 Å². The number of anilines is 1. The van der Waals surface area contributed by atoms with Gasteiger partial charge in [0.05, 0.1) is 13.1 Å². The van der Waals surface area contributed by atoms with Gasteiger partial charge in [-0.05, 0) is 43.5 Å². The molecule has 1 aliphatic rings. The molecule has 0 radical (unpaired) electrons. The zero-order chi connectivity index (χ0) is 14.7. The van der Waals surface area contributed by atoms with Gasteiger partial charge >= 0.3 is 0 Å². The molecule has 1 aromatic rings. The number of hydrogen-bond acceptors (Lipinski definition) is 1. The summed E-state index contributed by atoms with van der Waals surface area (Å²) in [5, 5.41) is 3.03. The number of piperidine rings is 1. The Hall–Kier alpha value is -1.35. The first-order valence-electron chi connectivity index (χ1n) is 7.64. The first-order valence-corrected chi connectivity index (χ1v) is 7.64. The molecule has 3 nitrogen and oxygen atoms in total. The van der Waals surface area contributed by atoms with E-state index in [0.29, 0.717) is 6.54 Å². The summed E-state index contributed by atoms with van der Waals surface area (Å²) in [6.45, 7) is 11.6. The Morgan fingerprint density at radius 3 is 2.45 bits per heavy atom. The molecule has 1 amide bonds. The van der Waals surface area contributed by atoms with Gasteiger partial charge in [-0.15, -0.1) is 0 Å². The maximum atomic E-state index is 12.2. The van der Waals surface area contributed by atoms with Crippen molar-refractivity contribution in [3.63, 3.8) is 0 Å². The predicted octanol–water partition coefficient (Wildman–Crippen LogP) is 1.80. The summed E-state index contributed by atoms with van der Waals surface area (Å²) in [6, 6.07) is 6.09. The lowest BCUT2D eigenvalue weighted by atomic mass is 9.92. The Balaban J connectivity index is 1.90. The molecule has 1 aliphatic heterocycles. The minimum Gasteiger partial charge on any atom is -0.327 e. The Labute approximate surface area is 122 Å². The van der Waals surface area contributed by atoms with Crippen LogP contribution in [0.3, 0.4) is 0 Å². The quantitative estimate of drug-likeness (QED) is 0.866. The number of quaternary nitrogens is 1. The lowest BCUT2D eigenvalue weighted by Crippen LogP contribution is -3.15. The molecule has 110 valence electrons. The summed E-state index contributed by atoms with van der Waals surface area (Å²) >= 11 is 0. The molecule has 0 aromatic heterocycles. The van der Waals surface area contributed by atoms with Crippen molar-refractivity contribution in [2.75, 3.05) is 25.0 Å². The fourth-order valence-corrected chi connectivity index (χ4v) is 3.32. The van der Waals surface area contributed by atoms with Gasteiger partial charge in [-0.3, -0.25) is 4.79 Å². The van der Waals surface area contributed by atoms with Crippen molar-refractivity contribution in [3.8, 4) is 0 Å². The average Bonchev–Trinajstić information content (AvgIpc) is 2.32. The van der Waals surface area contributed by atoms with Crippen molar-refractivity contribution in [1.82, 2.24) is 0 Å². The van der Waals surface area contributed by atoms with E-state index in [1.54, 1.807) is 0 Å². The molecule has 1 fully saturated rings. The normalized spacial score (nSPS) is 26.3. The Kier molecular flexibility index (Phi) is 4.81.